The summed E-state index contributed by atoms with van der Waals surface area (Å²) >= 11 is 0. The van der Waals surface area contributed by atoms with E-state index in [2.05, 4.69) is 12.1 Å². The molecule has 0 saturated heterocycles. The van der Waals surface area contributed by atoms with Crippen LogP contribution in [-0.4, -0.2) is 37.9 Å². The van der Waals surface area contributed by atoms with Crippen molar-refractivity contribution in [3.63, 3.8) is 0 Å². The van der Waals surface area contributed by atoms with Crippen molar-refractivity contribution in [2.45, 2.75) is 43.4 Å². The van der Waals surface area contributed by atoms with E-state index in [-0.39, 0.29) is 36.1 Å². The Labute approximate surface area is 151 Å². The van der Waals surface area contributed by atoms with Crippen molar-refractivity contribution >= 4 is 33.1 Å². The zero-order valence-corrected chi connectivity index (χ0v) is 15.1. The number of hydrogen-bond donors (Lipinski definition) is 1. The van der Waals surface area contributed by atoms with Crippen molar-refractivity contribution in [3.8, 4) is 0 Å². The van der Waals surface area contributed by atoms with Gasteiger partial charge in [0.1, 0.15) is 10.8 Å². The van der Waals surface area contributed by atoms with Gasteiger partial charge in [-0.05, 0) is 37.0 Å². The van der Waals surface area contributed by atoms with Crippen LogP contribution >= 0.6 is 0 Å². The van der Waals surface area contributed by atoms with E-state index in [9.17, 15) is 27.6 Å². The summed E-state index contributed by atoms with van der Waals surface area (Å²) in [4.78, 5) is 47.6. The van der Waals surface area contributed by atoms with Crippen LogP contribution in [0, 0.1) is 18.1 Å². The average Bonchev–Trinajstić information content (AvgIpc) is 2.53. The molecular formula is C18H19NO6S. The Kier molecular flexibility index (Phi) is 5.93. The molecule has 7 nitrogen and oxygen atoms in total. The number of amides is 1. The first-order chi connectivity index (χ1) is 12.1. The Morgan fingerprint density at radius 3 is 2.35 bits per heavy atom. The lowest BCUT2D eigenvalue weighted by atomic mass is 9.81. The number of rotatable bonds is 7. The molecule has 0 spiro atoms. The summed E-state index contributed by atoms with van der Waals surface area (Å²) in [6.07, 6.45) is 2.28. The van der Waals surface area contributed by atoms with E-state index >= 15 is 0 Å². The molecule has 0 aromatic heterocycles. The number of aryl methyl sites for hydroxylation is 1. The van der Waals surface area contributed by atoms with E-state index in [0.717, 1.165) is 6.26 Å². The lowest BCUT2D eigenvalue weighted by Crippen LogP contribution is -2.35. The fraction of sp³-hybridized carbons (Fsp3) is 0.444. The van der Waals surface area contributed by atoms with Crippen LogP contribution in [0.5, 0.6) is 0 Å². The van der Waals surface area contributed by atoms with Crippen LogP contribution in [0.25, 0.3) is 0 Å². The molecule has 26 heavy (non-hydrogen) atoms. The standard InChI is InChI=1S/C18H19NO6S/c1-26(24,25)12-8-9-13(11(10-12)4-2-7-16(19)22)18(23)17-14(20)5-3-6-15(17)21/h10,17H,2-7H2,1H3,(H2,19,22). The molecule has 1 aliphatic rings. The van der Waals surface area contributed by atoms with Crippen LogP contribution in [0.4, 0.5) is 0 Å². The van der Waals surface area contributed by atoms with Gasteiger partial charge < -0.3 is 5.73 Å². The molecule has 0 bridgehead atoms. The highest BCUT2D eigenvalue weighted by atomic mass is 32.2. The number of Topliss-reactive ketones (excluding diaryl/α,β-unsaturated/α-hetero) is 3. The number of nitrogens with two attached hydrogens (primary N) is 1. The molecule has 1 aliphatic carbocycles. The summed E-state index contributed by atoms with van der Waals surface area (Å²) in [5.41, 5.74) is 5.38. The lowest BCUT2D eigenvalue weighted by Gasteiger charge is -2.18. The minimum absolute atomic E-state index is 0.0320. The van der Waals surface area contributed by atoms with E-state index in [4.69, 9.17) is 5.73 Å². The van der Waals surface area contributed by atoms with Crippen LogP contribution in [0.1, 0.15) is 48.0 Å². The van der Waals surface area contributed by atoms with Crippen molar-refractivity contribution in [2.75, 3.05) is 6.26 Å². The maximum absolute atomic E-state index is 12.8. The summed E-state index contributed by atoms with van der Waals surface area (Å²) in [6.45, 7) is 0. The van der Waals surface area contributed by atoms with Crippen LogP contribution in [0.2, 0.25) is 0 Å². The van der Waals surface area contributed by atoms with E-state index < -0.39 is 39.0 Å². The van der Waals surface area contributed by atoms with Gasteiger partial charge in [-0.3, -0.25) is 19.2 Å². The molecular weight excluding hydrogens is 358 g/mol. The molecule has 0 atom stereocenters. The van der Waals surface area contributed by atoms with Crippen molar-refractivity contribution in [1.82, 2.24) is 0 Å². The predicted octanol–water partition coefficient (Wildman–Crippen LogP) is 0.619. The Bertz CT molecular complexity index is 856. The third kappa shape index (κ3) is 4.55. The first-order valence-corrected chi connectivity index (χ1v) is 10.0. The lowest BCUT2D eigenvalue weighted by molar-refractivity contribution is -0.133. The normalized spacial score (nSPS) is 15.6. The highest BCUT2D eigenvalue weighted by Crippen LogP contribution is 2.24. The van der Waals surface area contributed by atoms with Gasteiger partial charge in [0.2, 0.25) is 5.91 Å². The topological polar surface area (TPSA) is 128 Å². The first-order valence-electron chi connectivity index (χ1n) is 8.16. The monoisotopic (exact) mass is 377 g/mol. The van der Waals surface area contributed by atoms with Crippen molar-refractivity contribution in [1.29, 1.82) is 0 Å². The maximum atomic E-state index is 12.8. The molecule has 1 fully saturated rings. The van der Waals surface area contributed by atoms with Crippen LogP contribution < -0.4 is 5.73 Å². The number of sulfone groups is 1. The molecule has 1 amide bonds. The van der Waals surface area contributed by atoms with Gasteiger partial charge in [0, 0.05) is 25.5 Å². The second-order valence-electron chi connectivity index (χ2n) is 6.33. The fourth-order valence-electron chi connectivity index (χ4n) is 2.88. The molecule has 2 N–H and O–H groups in total. The molecule has 1 aromatic carbocycles. The first kappa shape index (κ1) is 19.8. The molecule has 138 valence electrons. The Hall–Kier alpha value is -2.53. The van der Waals surface area contributed by atoms with Gasteiger partial charge in [0.05, 0.1) is 5.56 Å². The van der Waals surface area contributed by atoms with E-state index in [0.29, 0.717) is 18.4 Å². The van der Waals surface area contributed by atoms with Gasteiger partial charge in [-0.1, -0.05) is 6.07 Å². The van der Waals surface area contributed by atoms with Crippen molar-refractivity contribution in [2.24, 2.45) is 11.7 Å². The largest absolute Gasteiger partial charge is 0.370 e. The zero-order valence-electron chi connectivity index (χ0n) is 14.3. The second kappa shape index (κ2) is 7.79. The number of hydrogen-bond acceptors (Lipinski definition) is 6. The SMILES string of the molecule is CS(=O)(=O)c1c#cc(C(=O)C2C(=O)CCCC2=O)c(CCCC(N)=O)c1. The van der Waals surface area contributed by atoms with E-state index in [1.165, 1.54) is 6.07 Å². The quantitative estimate of drug-likeness (QED) is 0.548. The summed E-state index contributed by atoms with van der Waals surface area (Å²) in [5.74, 6) is -3.45. The fourth-order valence-corrected chi connectivity index (χ4v) is 3.48. The minimum atomic E-state index is -3.58. The molecule has 8 heteroatoms. The Morgan fingerprint density at radius 1 is 1.19 bits per heavy atom. The van der Waals surface area contributed by atoms with Crippen LogP contribution in [-0.2, 0) is 30.6 Å². The smallest absolute Gasteiger partial charge is 0.217 e. The summed E-state index contributed by atoms with van der Waals surface area (Å²) < 4.78 is 23.5. The maximum Gasteiger partial charge on any atom is 0.217 e. The van der Waals surface area contributed by atoms with Crippen LogP contribution in [0.15, 0.2) is 11.0 Å². The molecule has 0 aliphatic heterocycles. The molecule has 1 aromatic rings. The minimum Gasteiger partial charge on any atom is -0.370 e. The number of ketones is 3. The zero-order chi connectivity index (χ0) is 19.5. The molecule has 2 rings (SSSR count). The van der Waals surface area contributed by atoms with Gasteiger partial charge in [0.15, 0.2) is 27.2 Å². The molecule has 0 heterocycles. The predicted molar refractivity (Wildman–Crippen MR) is 91.0 cm³/mol. The number of carbonyl (C=O) groups is 4. The van der Waals surface area contributed by atoms with Crippen molar-refractivity contribution < 1.29 is 27.6 Å². The van der Waals surface area contributed by atoms with Crippen molar-refractivity contribution in [3.05, 3.63) is 29.3 Å². The third-order valence-electron chi connectivity index (χ3n) is 4.20. The van der Waals surface area contributed by atoms with E-state index in [1.54, 1.807) is 0 Å². The summed E-state index contributed by atoms with van der Waals surface area (Å²) in [6, 6.07) is 6.21. The second-order valence-corrected chi connectivity index (χ2v) is 8.32. The highest BCUT2D eigenvalue weighted by molar-refractivity contribution is 7.90. The van der Waals surface area contributed by atoms with Gasteiger partial charge in [-0.15, -0.1) is 0 Å². The average molecular weight is 377 g/mol. The molecule has 1 saturated carbocycles. The van der Waals surface area contributed by atoms with Gasteiger partial charge >= 0.3 is 0 Å². The summed E-state index contributed by atoms with van der Waals surface area (Å²) in [5, 5.41) is 0. The van der Waals surface area contributed by atoms with Crippen LogP contribution in [0.3, 0.4) is 0 Å². The van der Waals surface area contributed by atoms with Gasteiger partial charge in [-0.25, -0.2) is 8.42 Å². The Balaban J connectivity index is 2.41. The molecule has 0 unspecified atom stereocenters. The number of carbonyl (C=O) groups excluding carboxylic acids is 4. The molecule has 0 radical (unpaired) electrons. The number of primary amides is 1. The highest BCUT2D eigenvalue weighted by Gasteiger charge is 2.37. The third-order valence-corrected chi connectivity index (χ3v) is 5.22. The van der Waals surface area contributed by atoms with Gasteiger partial charge in [0.25, 0.3) is 0 Å². The summed E-state index contributed by atoms with van der Waals surface area (Å²) in [7, 11) is -3.58. The Morgan fingerprint density at radius 2 is 1.81 bits per heavy atom. The van der Waals surface area contributed by atoms with E-state index in [1.807, 2.05) is 0 Å². The van der Waals surface area contributed by atoms with Gasteiger partial charge in [-0.2, -0.15) is 0 Å².